The number of para-hydroxylation sites is 1. The van der Waals surface area contributed by atoms with Gasteiger partial charge in [0.2, 0.25) is 0 Å². The highest BCUT2D eigenvalue weighted by molar-refractivity contribution is 5.87. The molecule has 1 aromatic carbocycles. The van der Waals surface area contributed by atoms with Gasteiger partial charge >= 0.3 is 0 Å². The summed E-state index contributed by atoms with van der Waals surface area (Å²) in [6, 6.07) is 11.0. The molecule has 0 amide bonds. The SMILES string of the molecule is c1ccc2c(c1)CCN2CC1CCN(c2ncnc3[nH]ccc23)CC1. The third-order valence-electron chi connectivity index (χ3n) is 5.71. The lowest BCUT2D eigenvalue weighted by molar-refractivity contribution is 0.404. The molecule has 2 aliphatic heterocycles. The zero-order valence-electron chi connectivity index (χ0n) is 14.4. The molecule has 5 nitrogen and oxygen atoms in total. The number of nitrogens with zero attached hydrogens (tertiary/aromatic N) is 4. The third kappa shape index (κ3) is 2.64. The maximum absolute atomic E-state index is 4.55. The third-order valence-corrected chi connectivity index (χ3v) is 5.71. The molecule has 1 N–H and O–H groups in total. The highest BCUT2D eigenvalue weighted by atomic mass is 15.2. The molecule has 2 aromatic heterocycles. The molecule has 5 heteroatoms. The Balaban J connectivity index is 1.26. The number of aromatic amines is 1. The molecule has 0 atom stereocenters. The molecule has 0 saturated carbocycles. The van der Waals surface area contributed by atoms with E-state index in [1.807, 2.05) is 6.20 Å². The minimum atomic E-state index is 0.769. The van der Waals surface area contributed by atoms with Crippen molar-refractivity contribution in [2.24, 2.45) is 5.92 Å². The van der Waals surface area contributed by atoms with E-state index in [4.69, 9.17) is 0 Å². The Kier molecular flexibility index (Phi) is 3.58. The van der Waals surface area contributed by atoms with Gasteiger partial charge in [-0.15, -0.1) is 0 Å². The molecule has 0 radical (unpaired) electrons. The van der Waals surface area contributed by atoms with Gasteiger partial charge in [0.15, 0.2) is 0 Å². The molecule has 4 heterocycles. The van der Waals surface area contributed by atoms with Crippen molar-refractivity contribution in [3.63, 3.8) is 0 Å². The second-order valence-corrected chi connectivity index (χ2v) is 7.19. The number of hydrogen-bond acceptors (Lipinski definition) is 4. The molecular formula is C20H23N5. The zero-order valence-corrected chi connectivity index (χ0v) is 14.4. The van der Waals surface area contributed by atoms with Crippen molar-refractivity contribution in [3.8, 4) is 0 Å². The van der Waals surface area contributed by atoms with Crippen molar-refractivity contribution in [1.29, 1.82) is 0 Å². The van der Waals surface area contributed by atoms with Crippen molar-refractivity contribution in [2.45, 2.75) is 19.3 Å². The molecule has 1 fully saturated rings. The van der Waals surface area contributed by atoms with Gasteiger partial charge in [0.05, 0.1) is 5.39 Å². The molecule has 0 unspecified atom stereocenters. The Morgan fingerprint density at radius 1 is 1.04 bits per heavy atom. The summed E-state index contributed by atoms with van der Waals surface area (Å²) in [5.41, 5.74) is 3.89. The number of piperidine rings is 1. The summed E-state index contributed by atoms with van der Waals surface area (Å²) in [5, 5.41) is 1.13. The van der Waals surface area contributed by atoms with Gasteiger partial charge in [-0.25, -0.2) is 9.97 Å². The standard InChI is InChI=1S/C20H23N5/c1-2-4-18-16(3-1)8-12-25(18)13-15-6-10-24(11-7-15)20-17-5-9-21-19(17)22-14-23-20/h1-5,9,14-15H,6-8,10-13H2,(H,21,22,23). The summed E-state index contributed by atoms with van der Waals surface area (Å²) in [4.78, 5) is 17.0. The molecule has 1 saturated heterocycles. The summed E-state index contributed by atoms with van der Waals surface area (Å²) in [6.45, 7) is 4.53. The predicted molar refractivity (Wildman–Crippen MR) is 101 cm³/mol. The number of H-pyrrole nitrogens is 1. The Bertz CT molecular complexity index is 878. The van der Waals surface area contributed by atoms with E-state index >= 15 is 0 Å². The Morgan fingerprint density at radius 2 is 1.92 bits per heavy atom. The van der Waals surface area contributed by atoms with E-state index in [0.717, 1.165) is 35.9 Å². The topological polar surface area (TPSA) is 48.1 Å². The summed E-state index contributed by atoms with van der Waals surface area (Å²) < 4.78 is 0. The Labute approximate surface area is 147 Å². The van der Waals surface area contributed by atoms with Gasteiger partial charge in [0.25, 0.3) is 0 Å². The van der Waals surface area contributed by atoms with E-state index in [1.165, 1.54) is 43.6 Å². The fourth-order valence-corrected chi connectivity index (χ4v) is 4.35. The van der Waals surface area contributed by atoms with Crippen LogP contribution in [0.2, 0.25) is 0 Å². The van der Waals surface area contributed by atoms with Crippen LogP contribution < -0.4 is 9.80 Å². The lowest BCUT2D eigenvalue weighted by atomic mass is 9.96. The highest BCUT2D eigenvalue weighted by Crippen LogP contribution is 2.31. The van der Waals surface area contributed by atoms with E-state index in [1.54, 1.807) is 6.33 Å². The second kappa shape index (κ2) is 6.06. The van der Waals surface area contributed by atoms with Gasteiger partial charge in [-0.3, -0.25) is 0 Å². The van der Waals surface area contributed by atoms with Crippen LogP contribution in [0.4, 0.5) is 11.5 Å². The van der Waals surface area contributed by atoms with Crippen LogP contribution in [0, 0.1) is 5.92 Å². The van der Waals surface area contributed by atoms with E-state index in [2.05, 4.69) is 55.1 Å². The average Bonchev–Trinajstić information content (AvgIpc) is 3.29. The minimum absolute atomic E-state index is 0.769. The molecule has 128 valence electrons. The number of hydrogen-bond donors (Lipinski definition) is 1. The lowest BCUT2D eigenvalue weighted by Crippen LogP contribution is -2.38. The van der Waals surface area contributed by atoms with Crippen LogP contribution in [0.5, 0.6) is 0 Å². The summed E-state index contributed by atoms with van der Waals surface area (Å²) >= 11 is 0. The smallest absolute Gasteiger partial charge is 0.142 e. The van der Waals surface area contributed by atoms with Gasteiger partial charge in [-0.1, -0.05) is 18.2 Å². The average molecular weight is 333 g/mol. The maximum Gasteiger partial charge on any atom is 0.142 e. The molecule has 3 aromatic rings. The van der Waals surface area contributed by atoms with Crippen molar-refractivity contribution < 1.29 is 0 Å². The van der Waals surface area contributed by atoms with Crippen LogP contribution in [-0.4, -0.2) is 41.1 Å². The molecular weight excluding hydrogens is 310 g/mol. The van der Waals surface area contributed by atoms with Crippen LogP contribution in [0.3, 0.4) is 0 Å². The summed E-state index contributed by atoms with van der Waals surface area (Å²) in [5.74, 6) is 1.85. The van der Waals surface area contributed by atoms with Gasteiger partial charge in [0.1, 0.15) is 17.8 Å². The summed E-state index contributed by atoms with van der Waals surface area (Å²) in [7, 11) is 0. The molecule has 0 aliphatic carbocycles. The van der Waals surface area contributed by atoms with Crippen molar-refractivity contribution in [3.05, 3.63) is 48.4 Å². The van der Waals surface area contributed by atoms with Gasteiger partial charge in [0, 0.05) is 38.1 Å². The van der Waals surface area contributed by atoms with Crippen molar-refractivity contribution in [1.82, 2.24) is 15.0 Å². The first-order chi connectivity index (χ1) is 12.4. The maximum atomic E-state index is 4.55. The first-order valence-electron chi connectivity index (χ1n) is 9.24. The zero-order chi connectivity index (χ0) is 16.6. The molecule has 0 spiro atoms. The fourth-order valence-electron chi connectivity index (χ4n) is 4.35. The number of fused-ring (bicyclic) bond motifs is 2. The number of aromatic nitrogens is 3. The Morgan fingerprint density at radius 3 is 2.84 bits per heavy atom. The van der Waals surface area contributed by atoms with Gasteiger partial charge in [-0.05, 0) is 42.9 Å². The number of rotatable bonds is 3. The van der Waals surface area contributed by atoms with Crippen LogP contribution >= 0.6 is 0 Å². The minimum Gasteiger partial charge on any atom is -0.371 e. The van der Waals surface area contributed by atoms with Crippen LogP contribution in [-0.2, 0) is 6.42 Å². The summed E-state index contributed by atoms with van der Waals surface area (Å²) in [6.07, 6.45) is 7.27. The molecule has 2 aliphatic rings. The quantitative estimate of drug-likeness (QED) is 0.799. The van der Waals surface area contributed by atoms with Crippen molar-refractivity contribution in [2.75, 3.05) is 36.0 Å². The van der Waals surface area contributed by atoms with Crippen LogP contribution in [0.15, 0.2) is 42.9 Å². The number of nitrogens with one attached hydrogen (secondary N) is 1. The van der Waals surface area contributed by atoms with E-state index in [0.29, 0.717) is 0 Å². The van der Waals surface area contributed by atoms with E-state index < -0.39 is 0 Å². The largest absolute Gasteiger partial charge is 0.371 e. The second-order valence-electron chi connectivity index (χ2n) is 7.19. The number of anilines is 2. The van der Waals surface area contributed by atoms with E-state index in [-0.39, 0.29) is 0 Å². The number of benzene rings is 1. The normalized spacial score (nSPS) is 18.1. The van der Waals surface area contributed by atoms with E-state index in [9.17, 15) is 0 Å². The van der Waals surface area contributed by atoms with Crippen molar-refractivity contribution >= 4 is 22.5 Å². The molecule has 0 bridgehead atoms. The molecule has 5 rings (SSSR count). The first-order valence-corrected chi connectivity index (χ1v) is 9.24. The monoisotopic (exact) mass is 333 g/mol. The first kappa shape index (κ1) is 14.8. The Hall–Kier alpha value is -2.56. The lowest BCUT2D eigenvalue weighted by Gasteiger charge is -2.35. The molecule has 25 heavy (non-hydrogen) atoms. The van der Waals surface area contributed by atoms with Crippen LogP contribution in [0.1, 0.15) is 18.4 Å². The van der Waals surface area contributed by atoms with Gasteiger partial charge in [-0.2, -0.15) is 0 Å². The fraction of sp³-hybridized carbons (Fsp3) is 0.400. The predicted octanol–water partition coefficient (Wildman–Crippen LogP) is 3.24. The van der Waals surface area contributed by atoms with Gasteiger partial charge < -0.3 is 14.8 Å². The van der Waals surface area contributed by atoms with Crippen LogP contribution in [0.25, 0.3) is 11.0 Å². The highest BCUT2D eigenvalue weighted by Gasteiger charge is 2.26.